The van der Waals surface area contributed by atoms with Crippen molar-refractivity contribution in [1.29, 1.82) is 0 Å². The maximum absolute atomic E-state index is 10.5. The second-order valence-electron chi connectivity index (χ2n) is 7.78. The van der Waals surface area contributed by atoms with E-state index in [1.807, 2.05) is 0 Å². The van der Waals surface area contributed by atoms with E-state index in [1.165, 1.54) is 18.2 Å². The van der Waals surface area contributed by atoms with Crippen LogP contribution in [0.15, 0.2) is 28.2 Å². The molecule has 3 rings (SSSR count). The molecule has 1 aromatic rings. The van der Waals surface area contributed by atoms with Gasteiger partial charge in [0.25, 0.3) is 0 Å². The molecule has 2 aliphatic heterocycles. The SMILES string of the molecule is OCC1OC(O)C(/N=C/c2cccc(/C=N/C3C(O)OC(CO)C(O)C3O)c2O)C(O)C1O. The molecule has 33 heavy (non-hydrogen) atoms. The molecule has 2 saturated heterocycles. The molecule has 2 heterocycles. The zero-order valence-electron chi connectivity index (χ0n) is 17.3. The average Bonchev–Trinajstić information content (AvgIpc) is 2.80. The van der Waals surface area contributed by atoms with Crippen LogP contribution >= 0.6 is 0 Å². The third-order valence-corrected chi connectivity index (χ3v) is 5.60. The summed E-state index contributed by atoms with van der Waals surface area (Å²) in [7, 11) is 0. The molecule has 0 amide bonds. The molecule has 0 aliphatic carbocycles. The fourth-order valence-corrected chi connectivity index (χ4v) is 3.61. The number of nitrogens with zero attached hydrogens (tertiary/aromatic N) is 2. The van der Waals surface area contributed by atoms with Gasteiger partial charge in [-0.15, -0.1) is 0 Å². The van der Waals surface area contributed by atoms with Crippen LogP contribution < -0.4 is 0 Å². The summed E-state index contributed by atoms with van der Waals surface area (Å²) in [5.41, 5.74) is 0.303. The quantitative estimate of drug-likeness (QED) is 0.181. The minimum Gasteiger partial charge on any atom is -0.507 e. The molecule has 13 nitrogen and oxygen atoms in total. The third kappa shape index (κ3) is 5.38. The number of phenols is 1. The molecular weight excluding hydrogens is 444 g/mol. The predicted octanol–water partition coefficient (Wildman–Crippen LogP) is -4.17. The van der Waals surface area contributed by atoms with Gasteiger partial charge in [-0.3, -0.25) is 9.98 Å². The van der Waals surface area contributed by atoms with E-state index in [9.17, 15) is 35.7 Å². The van der Waals surface area contributed by atoms with E-state index in [0.29, 0.717) is 0 Å². The Morgan fingerprint density at radius 3 is 1.45 bits per heavy atom. The first-order valence-electron chi connectivity index (χ1n) is 10.2. The van der Waals surface area contributed by atoms with Gasteiger partial charge in [-0.25, -0.2) is 0 Å². The van der Waals surface area contributed by atoms with Gasteiger partial charge in [-0.1, -0.05) is 6.07 Å². The monoisotopic (exact) mass is 472 g/mol. The molecule has 10 unspecified atom stereocenters. The van der Waals surface area contributed by atoms with Crippen LogP contribution in [0.5, 0.6) is 5.75 Å². The molecule has 0 bridgehead atoms. The fourth-order valence-electron chi connectivity index (χ4n) is 3.61. The van der Waals surface area contributed by atoms with Crippen LogP contribution in [0.2, 0.25) is 0 Å². The normalized spacial score (nSPS) is 40.0. The van der Waals surface area contributed by atoms with Gasteiger partial charge in [0.05, 0.1) is 13.2 Å². The van der Waals surface area contributed by atoms with Crippen molar-refractivity contribution in [2.45, 2.75) is 61.3 Å². The molecule has 0 spiro atoms. The summed E-state index contributed by atoms with van der Waals surface area (Å²) in [5, 5.41) is 88.9. The molecule has 0 saturated carbocycles. The van der Waals surface area contributed by atoms with E-state index in [4.69, 9.17) is 19.7 Å². The second-order valence-corrected chi connectivity index (χ2v) is 7.78. The lowest BCUT2D eigenvalue weighted by molar-refractivity contribution is -0.248. The summed E-state index contributed by atoms with van der Waals surface area (Å²) in [5.74, 6) is -0.311. The second kappa shape index (κ2) is 10.9. The van der Waals surface area contributed by atoms with Crippen LogP contribution in [0.25, 0.3) is 0 Å². The molecule has 184 valence electrons. The Bertz CT molecular complexity index is 789. The van der Waals surface area contributed by atoms with Crippen molar-refractivity contribution < 1.29 is 55.4 Å². The summed E-state index contributed by atoms with van der Waals surface area (Å²) in [6, 6.07) is 1.89. The first-order valence-corrected chi connectivity index (χ1v) is 10.2. The van der Waals surface area contributed by atoms with E-state index in [0.717, 1.165) is 12.4 Å². The highest BCUT2D eigenvalue weighted by Crippen LogP contribution is 2.25. The van der Waals surface area contributed by atoms with E-state index >= 15 is 0 Å². The van der Waals surface area contributed by atoms with Crippen LogP contribution in [0.4, 0.5) is 0 Å². The van der Waals surface area contributed by atoms with E-state index in [-0.39, 0.29) is 16.9 Å². The highest BCUT2D eigenvalue weighted by molar-refractivity contribution is 5.91. The van der Waals surface area contributed by atoms with Crippen LogP contribution in [0, 0.1) is 0 Å². The summed E-state index contributed by atoms with van der Waals surface area (Å²) in [6.45, 7) is -1.22. The highest BCUT2D eigenvalue weighted by Gasteiger charge is 2.44. The van der Waals surface area contributed by atoms with Crippen molar-refractivity contribution in [3.8, 4) is 5.75 Å². The number of hydrogen-bond donors (Lipinski definition) is 9. The minimum atomic E-state index is -1.60. The van der Waals surface area contributed by atoms with Crippen LogP contribution in [-0.2, 0) is 9.47 Å². The molecule has 0 aromatic heterocycles. The first kappa shape index (κ1) is 25.6. The van der Waals surface area contributed by atoms with Crippen molar-refractivity contribution in [1.82, 2.24) is 0 Å². The van der Waals surface area contributed by atoms with Crippen LogP contribution in [-0.4, -0.2) is 133 Å². The molecule has 2 aliphatic rings. The molecule has 10 atom stereocenters. The van der Waals surface area contributed by atoms with Gasteiger partial charge in [0, 0.05) is 23.6 Å². The maximum atomic E-state index is 10.5. The summed E-state index contributed by atoms with van der Waals surface area (Å²) < 4.78 is 10.1. The van der Waals surface area contributed by atoms with Crippen molar-refractivity contribution in [3.05, 3.63) is 29.3 Å². The number of aromatic hydroxyl groups is 1. The van der Waals surface area contributed by atoms with Gasteiger partial charge < -0.3 is 55.4 Å². The predicted molar refractivity (Wildman–Crippen MR) is 111 cm³/mol. The standard InChI is InChI=1S/C20H28N2O11/c23-6-10-15(26)17(28)12(19(30)32-10)21-4-8-2-1-3-9(14(8)25)5-22-13-18(29)16(27)11(7-24)33-20(13)31/h1-5,10-13,15-20,23-31H,6-7H2/b21-4+,22-5+. The lowest BCUT2D eigenvalue weighted by Crippen LogP contribution is -2.57. The van der Waals surface area contributed by atoms with Crippen molar-refractivity contribution >= 4 is 12.4 Å². The fraction of sp³-hybridized carbons (Fsp3) is 0.600. The molecule has 1 aromatic carbocycles. The van der Waals surface area contributed by atoms with E-state index in [2.05, 4.69) is 9.98 Å². The number of hydrogen-bond acceptors (Lipinski definition) is 13. The first-order chi connectivity index (χ1) is 15.7. The van der Waals surface area contributed by atoms with Gasteiger partial charge >= 0.3 is 0 Å². The van der Waals surface area contributed by atoms with Crippen LogP contribution in [0.1, 0.15) is 11.1 Å². The number of ether oxygens (including phenoxy) is 2. The smallest absolute Gasteiger partial charge is 0.180 e. The maximum Gasteiger partial charge on any atom is 0.180 e. The number of aliphatic imine (C=N–C) groups is 2. The Labute approximate surface area is 188 Å². The lowest BCUT2D eigenvalue weighted by Gasteiger charge is -2.38. The van der Waals surface area contributed by atoms with Crippen molar-refractivity contribution in [2.24, 2.45) is 9.98 Å². The zero-order valence-corrected chi connectivity index (χ0v) is 17.3. The largest absolute Gasteiger partial charge is 0.507 e. The van der Waals surface area contributed by atoms with Gasteiger partial charge in [0.1, 0.15) is 54.5 Å². The third-order valence-electron chi connectivity index (χ3n) is 5.60. The summed E-state index contributed by atoms with van der Waals surface area (Å²) in [6.07, 6.45) is -9.29. The van der Waals surface area contributed by atoms with Crippen LogP contribution in [0.3, 0.4) is 0 Å². The summed E-state index contributed by atoms with van der Waals surface area (Å²) >= 11 is 0. The van der Waals surface area contributed by atoms with Gasteiger partial charge in [0.15, 0.2) is 12.6 Å². The van der Waals surface area contributed by atoms with Gasteiger partial charge in [-0.2, -0.15) is 0 Å². The average molecular weight is 472 g/mol. The minimum absolute atomic E-state index is 0.151. The van der Waals surface area contributed by atoms with Gasteiger partial charge in [-0.05, 0) is 12.1 Å². The Kier molecular flexibility index (Phi) is 8.47. The number of aliphatic hydroxyl groups excluding tert-OH is 8. The zero-order chi connectivity index (χ0) is 24.3. The van der Waals surface area contributed by atoms with Gasteiger partial charge in [0.2, 0.25) is 0 Å². The number of rotatable bonds is 6. The molecule has 0 radical (unpaired) electrons. The number of phenolic OH excluding ortho intramolecular Hbond substituents is 1. The van der Waals surface area contributed by atoms with E-state index < -0.39 is 74.5 Å². The number of para-hydroxylation sites is 1. The topological polar surface area (TPSA) is 225 Å². The van der Waals surface area contributed by atoms with Crippen molar-refractivity contribution in [2.75, 3.05) is 13.2 Å². The molecule has 2 fully saturated rings. The molecule has 13 heteroatoms. The highest BCUT2D eigenvalue weighted by atomic mass is 16.6. The number of benzene rings is 1. The van der Waals surface area contributed by atoms with E-state index in [1.54, 1.807) is 0 Å². The van der Waals surface area contributed by atoms with Crippen molar-refractivity contribution in [3.63, 3.8) is 0 Å². The Balaban J connectivity index is 1.76. The lowest BCUT2D eigenvalue weighted by atomic mass is 9.97. The Morgan fingerprint density at radius 2 is 1.09 bits per heavy atom. The molecule has 9 N–H and O–H groups in total. The summed E-state index contributed by atoms with van der Waals surface area (Å²) in [4.78, 5) is 7.97. The Hall–Kier alpha value is -2.04. The molecular formula is C20H28N2O11. The number of aliphatic hydroxyl groups is 8. The Morgan fingerprint density at radius 1 is 0.697 bits per heavy atom.